The molecule has 0 unspecified atom stereocenters. The highest BCUT2D eigenvalue weighted by Gasteiger charge is 2.12. The molecule has 0 atom stereocenters. The van der Waals surface area contributed by atoms with Crippen molar-refractivity contribution in [3.05, 3.63) is 86.1 Å². The van der Waals surface area contributed by atoms with Gasteiger partial charge in [0.15, 0.2) is 11.5 Å². The number of urea groups is 1. The zero-order chi connectivity index (χ0) is 23.1. The van der Waals surface area contributed by atoms with Crippen LogP contribution in [0.1, 0.15) is 16.7 Å². The number of nitrogens with zero attached hydrogens (tertiary/aromatic N) is 1. The van der Waals surface area contributed by atoms with Gasteiger partial charge < -0.3 is 14.8 Å². The molecule has 0 saturated heterocycles. The average Bonchev–Trinajstić information content (AvgIpc) is 2.75. The summed E-state index contributed by atoms with van der Waals surface area (Å²) < 4.78 is 26.2. The van der Waals surface area contributed by atoms with E-state index in [1.165, 1.54) is 25.5 Å². The number of nitrogens with one attached hydrogen (secondary N) is 2. The van der Waals surface area contributed by atoms with Gasteiger partial charge in [-0.3, -0.25) is 0 Å². The second kappa shape index (κ2) is 11.1. The summed E-state index contributed by atoms with van der Waals surface area (Å²) in [6.45, 7) is 2.11. The summed E-state index contributed by atoms with van der Waals surface area (Å²) in [7, 11) is 1.52. The molecule has 6 nitrogen and oxygen atoms in total. The van der Waals surface area contributed by atoms with Crippen LogP contribution in [0.3, 0.4) is 0 Å². The van der Waals surface area contributed by atoms with Gasteiger partial charge in [0.1, 0.15) is 12.4 Å². The topological polar surface area (TPSA) is 72.0 Å². The zero-order valence-corrected chi connectivity index (χ0v) is 20.5. The number of ether oxygens (including phenoxy) is 2. The van der Waals surface area contributed by atoms with Gasteiger partial charge in [-0.25, -0.2) is 14.6 Å². The van der Waals surface area contributed by atoms with Gasteiger partial charge in [-0.2, -0.15) is 5.10 Å². The smallest absolute Gasteiger partial charge is 0.339 e. The molecule has 0 fully saturated rings. The maximum Gasteiger partial charge on any atom is 0.339 e. The molecule has 3 aromatic rings. The van der Waals surface area contributed by atoms with Crippen LogP contribution in [0.15, 0.2) is 68.6 Å². The molecule has 0 bridgehead atoms. The lowest BCUT2D eigenvalue weighted by Gasteiger charge is -2.13. The van der Waals surface area contributed by atoms with E-state index in [0.717, 1.165) is 10.0 Å². The molecule has 0 radical (unpaired) electrons. The molecule has 0 saturated carbocycles. The molecule has 0 aromatic heterocycles. The monoisotopic (exact) mass is 563 g/mol. The number of anilines is 1. The third-order valence-electron chi connectivity index (χ3n) is 4.32. The van der Waals surface area contributed by atoms with Gasteiger partial charge in [-0.1, -0.05) is 28.1 Å². The maximum absolute atomic E-state index is 13.4. The largest absolute Gasteiger partial charge is 0.493 e. The van der Waals surface area contributed by atoms with Crippen LogP contribution in [-0.2, 0) is 6.61 Å². The van der Waals surface area contributed by atoms with Crippen LogP contribution in [0.2, 0.25) is 0 Å². The van der Waals surface area contributed by atoms with E-state index in [0.29, 0.717) is 32.8 Å². The number of benzene rings is 3. The first-order valence-electron chi connectivity index (χ1n) is 9.46. The van der Waals surface area contributed by atoms with E-state index in [4.69, 9.17) is 9.47 Å². The Labute approximate surface area is 202 Å². The molecular weight excluding hydrogens is 545 g/mol. The predicted octanol–water partition coefficient (Wildman–Crippen LogP) is 6.40. The number of hydrazone groups is 1. The minimum absolute atomic E-state index is 0.178. The fourth-order valence-electron chi connectivity index (χ4n) is 2.78. The second-order valence-corrected chi connectivity index (χ2v) is 8.45. The molecule has 0 aliphatic carbocycles. The lowest BCUT2D eigenvalue weighted by atomic mass is 10.2. The van der Waals surface area contributed by atoms with Crippen molar-refractivity contribution in [2.75, 3.05) is 12.4 Å². The fraction of sp³-hybridized carbons (Fsp3) is 0.130. The van der Waals surface area contributed by atoms with Crippen molar-refractivity contribution >= 4 is 49.8 Å². The molecule has 3 aromatic carbocycles. The van der Waals surface area contributed by atoms with Crippen LogP contribution in [0.5, 0.6) is 11.5 Å². The van der Waals surface area contributed by atoms with E-state index in [-0.39, 0.29) is 12.4 Å². The highest BCUT2D eigenvalue weighted by Crippen LogP contribution is 2.36. The highest BCUT2D eigenvalue weighted by atomic mass is 79.9. The molecule has 0 aliphatic heterocycles. The maximum atomic E-state index is 13.4. The van der Waals surface area contributed by atoms with Crippen LogP contribution in [-0.4, -0.2) is 19.4 Å². The van der Waals surface area contributed by atoms with Gasteiger partial charge in [-0.05, 0) is 82.0 Å². The first-order chi connectivity index (χ1) is 15.4. The van der Waals surface area contributed by atoms with Crippen LogP contribution >= 0.6 is 31.9 Å². The minimum atomic E-state index is -0.468. The second-order valence-electron chi connectivity index (χ2n) is 6.74. The Balaban J connectivity index is 1.63. The molecule has 166 valence electrons. The van der Waals surface area contributed by atoms with E-state index >= 15 is 0 Å². The third-order valence-corrected chi connectivity index (χ3v) is 5.80. The molecule has 2 N–H and O–H groups in total. The molecule has 0 aliphatic rings. The van der Waals surface area contributed by atoms with Crippen molar-refractivity contribution in [2.24, 2.45) is 5.10 Å². The lowest BCUT2D eigenvalue weighted by Crippen LogP contribution is -2.24. The normalized spacial score (nSPS) is 10.8. The number of amides is 2. The van der Waals surface area contributed by atoms with Crippen molar-refractivity contribution in [3.8, 4) is 11.5 Å². The van der Waals surface area contributed by atoms with Gasteiger partial charge in [0, 0.05) is 10.2 Å². The van der Waals surface area contributed by atoms with Crippen LogP contribution < -0.4 is 20.2 Å². The van der Waals surface area contributed by atoms with Gasteiger partial charge in [0.2, 0.25) is 0 Å². The lowest BCUT2D eigenvalue weighted by molar-refractivity contribution is 0.252. The van der Waals surface area contributed by atoms with Crippen molar-refractivity contribution < 1.29 is 18.7 Å². The number of methoxy groups -OCH3 is 1. The van der Waals surface area contributed by atoms with E-state index in [1.54, 1.807) is 30.3 Å². The number of hydrogen-bond acceptors (Lipinski definition) is 4. The van der Waals surface area contributed by atoms with E-state index in [1.807, 2.05) is 19.1 Å². The number of aryl methyl sites for hydroxylation is 1. The summed E-state index contributed by atoms with van der Waals surface area (Å²) >= 11 is 6.88. The molecule has 2 amide bonds. The number of rotatable bonds is 7. The standard InChI is InChI=1S/C23H20Br2FN3O3/c1-14-8-18(6-7-19(14)24)28-23(30)29-27-12-16-10-20(25)22(21(11-16)31-2)32-13-15-4-3-5-17(26)9-15/h3-12H,13H2,1-2H3,(H2,28,29,30)/b27-12+. The van der Waals surface area contributed by atoms with E-state index in [9.17, 15) is 9.18 Å². The van der Waals surface area contributed by atoms with Crippen molar-refractivity contribution in [1.82, 2.24) is 5.43 Å². The van der Waals surface area contributed by atoms with Gasteiger partial charge in [0.25, 0.3) is 0 Å². The quantitative estimate of drug-likeness (QED) is 0.257. The first-order valence-corrected chi connectivity index (χ1v) is 11.1. The van der Waals surface area contributed by atoms with E-state index < -0.39 is 6.03 Å². The summed E-state index contributed by atoms with van der Waals surface area (Å²) in [4.78, 5) is 12.1. The molecule has 0 spiro atoms. The minimum Gasteiger partial charge on any atom is -0.493 e. The molecule has 3 rings (SSSR count). The molecular formula is C23H20Br2FN3O3. The van der Waals surface area contributed by atoms with Crippen LogP contribution in [0.4, 0.5) is 14.9 Å². The predicted molar refractivity (Wildman–Crippen MR) is 130 cm³/mol. The average molecular weight is 565 g/mol. The number of hydrogen-bond donors (Lipinski definition) is 2. The first kappa shape index (κ1) is 23.7. The Bertz CT molecular complexity index is 1160. The van der Waals surface area contributed by atoms with Crippen molar-refractivity contribution in [2.45, 2.75) is 13.5 Å². The number of carbonyl (C=O) groups is 1. The molecule has 9 heteroatoms. The van der Waals surface area contributed by atoms with Gasteiger partial charge in [0.05, 0.1) is 17.8 Å². The Morgan fingerprint density at radius 3 is 2.66 bits per heavy atom. The number of carbonyl (C=O) groups excluding carboxylic acids is 1. The third kappa shape index (κ3) is 6.54. The fourth-order valence-corrected chi connectivity index (χ4v) is 3.60. The Morgan fingerprint density at radius 2 is 1.94 bits per heavy atom. The summed E-state index contributed by atoms with van der Waals surface area (Å²) in [5.41, 5.74) is 5.45. The Kier molecular flexibility index (Phi) is 8.24. The summed E-state index contributed by atoms with van der Waals surface area (Å²) in [5, 5.41) is 6.68. The van der Waals surface area contributed by atoms with E-state index in [2.05, 4.69) is 47.7 Å². The van der Waals surface area contributed by atoms with Crippen molar-refractivity contribution in [1.29, 1.82) is 0 Å². The Hall–Kier alpha value is -2.91. The Morgan fingerprint density at radius 1 is 1.12 bits per heavy atom. The summed E-state index contributed by atoms with van der Waals surface area (Å²) in [5.74, 6) is 0.618. The summed E-state index contributed by atoms with van der Waals surface area (Å²) in [6, 6.07) is 14.7. The van der Waals surface area contributed by atoms with Crippen LogP contribution in [0.25, 0.3) is 0 Å². The van der Waals surface area contributed by atoms with Crippen molar-refractivity contribution in [3.63, 3.8) is 0 Å². The van der Waals surface area contributed by atoms with Gasteiger partial charge in [-0.15, -0.1) is 0 Å². The molecule has 0 heterocycles. The summed E-state index contributed by atoms with van der Waals surface area (Å²) in [6.07, 6.45) is 1.48. The van der Waals surface area contributed by atoms with Gasteiger partial charge >= 0.3 is 6.03 Å². The zero-order valence-electron chi connectivity index (χ0n) is 17.3. The van der Waals surface area contributed by atoms with Crippen LogP contribution in [0, 0.1) is 12.7 Å². The SMILES string of the molecule is COc1cc(/C=N/NC(=O)Nc2ccc(Br)c(C)c2)cc(Br)c1OCc1cccc(F)c1. The molecule has 32 heavy (non-hydrogen) atoms. The highest BCUT2D eigenvalue weighted by molar-refractivity contribution is 9.10. The number of halogens is 3.